The Kier molecular flexibility index (Phi) is 4.35. The third-order valence-electron chi connectivity index (χ3n) is 3.89. The summed E-state index contributed by atoms with van der Waals surface area (Å²) in [4.78, 5) is 4.34. The second-order valence-corrected chi connectivity index (χ2v) is 5.40. The molecule has 0 radical (unpaired) electrons. The minimum absolute atomic E-state index is 0.674. The fourth-order valence-electron chi connectivity index (χ4n) is 2.57. The molecule has 1 heterocycles. The molecular weight excluding hydrogens is 272 g/mol. The minimum atomic E-state index is -0.704. The number of benzene rings is 2. The van der Waals surface area contributed by atoms with Gasteiger partial charge in [0.1, 0.15) is 11.9 Å². The van der Waals surface area contributed by atoms with Crippen molar-refractivity contribution < 1.29 is 5.11 Å². The van der Waals surface area contributed by atoms with Crippen LogP contribution in [-0.2, 0) is 13.0 Å². The number of aliphatic hydroxyl groups is 1. The highest BCUT2D eigenvalue weighted by atomic mass is 16.3. The largest absolute Gasteiger partial charge is 0.380 e. The van der Waals surface area contributed by atoms with Gasteiger partial charge in [-0.2, -0.15) is 0 Å². The van der Waals surface area contributed by atoms with Gasteiger partial charge >= 0.3 is 0 Å². The monoisotopic (exact) mass is 292 g/mol. The molecule has 3 nitrogen and oxygen atoms in total. The molecule has 1 N–H and O–H groups in total. The summed E-state index contributed by atoms with van der Waals surface area (Å²) in [5.41, 5.74) is 3.33. The van der Waals surface area contributed by atoms with Gasteiger partial charge in [0.25, 0.3) is 0 Å². The van der Waals surface area contributed by atoms with Crippen LogP contribution in [0.3, 0.4) is 0 Å². The van der Waals surface area contributed by atoms with Crippen LogP contribution in [0.4, 0.5) is 0 Å². The quantitative estimate of drug-likeness (QED) is 0.780. The molecule has 112 valence electrons. The van der Waals surface area contributed by atoms with Gasteiger partial charge in [0, 0.05) is 18.9 Å². The number of rotatable bonds is 5. The van der Waals surface area contributed by atoms with Crippen molar-refractivity contribution in [1.29, 1.82) is 0 Å². The van der Waals surface area contributed by atoms with E-state index in [1.54, 1.807) is 6.20 Å². The molecular formula is C19H20N2O. The zero-order valence-electron chi connectivity index (χ0n) is 12.7. The summed E-state index contributed by atoms with van der Waals surface area (Å²) in [7, 11) is 0. The Morgan fingerprint density at radius 1 is 1.00 bits per heavy atom. The predicted molar refractivity (Wildman–Crippen MR) is 87.7 cm³/mol. The molecule has 0 aliphatic rings. The number of aryl methyl sites for hydroxylation is 1. The number of aromatic nitrogens is 2. The highest BCUT2D eigenvalue weighted by Crippen LogP contribution is 2.22. The van der Waals surface area contributed by atoms with Crippen LogP contribution in [0, 0.1) is 0 Å². The minimum Gasteiger partial charge on any atom is -0.380 e. The van der Waals surface area contributed by atoms with E-state index in [1.165, 1.54) is 11.1 Å². The predicted octanol–water partition coefficient (Wildman–Crippen LogP) is 3.58. The maximum absolute atomic E-state index is 10.6. The van der Waals surface area contributed by atoms with Crippen molar-refractivity contribution in [2.75, 3.05) is 0 Å². The van der Waals surface area contributed by atoms with Crippen LogP contribution >= 0.6 is 0 Å². The van der Waals surface area contributed by atoms with E-state index in [1.807, 2.05) is 41.1 Å². The summed E-state index contributed by atoms with van der Waals surface area (Å²) in [5.74, 6) is 0.674. The van der Waals surface area contributed by atoms with Crippen molar-refractivity contribution in [3.63, 3.8) is 0 Å². The van der Waals surface area contributed by atoms with E-state index in [2.05, 4.69) is 36.2 Å². The fourth-order valence-corrected chi connectivity index (χ4v) is 2.57. The maximum Gasteiger partial charge on any atom is 0.142 e. The van der Waals surface area contributed by atoms with Crippen molar-refractivity contribution in [3.05, 3.63) is 89.5 Å². The number of hydrogen-bond donors (Lipinski definition) is 1. The van der Waals surface area contributed by atoms with E-state index < -0.39 is 6.10 Å². The Morgan fingerprint density at radius 3 is 2.41 bits per heavy atom. The lowest BCUT2D eigenvalue weighted by Gasteiger charge is -2.14. The van der Waals surface area contributed by atoms with Crippen LogP contribution in [0.1, 0.15) is 35.5 Å². The Balaban J connectivity index is 1.84. The first-order valence-corrected chi connectivity index (χ1v) is 7.59. The van der Waals surface area contributed by atoms with Crippen molar-refractivity contribution in [2.24, 2.45) is 0 Å². The van der Waals surface area contributed by atoms with Gasteiger partial charge in [-0.1, -0.05) is 61.5 Å². The van der Waals surface area contributed by atoms with Crippen LogP contribution in [0.25, 0.3) is 0 Å². The SMILES string of the molecule is CCc1ccc([C@@H](O)c2nccn2Cc2ccccc2)cc1. The number of hydrogen-bond acceptors (Lipinski definition) is 2. The molecule has 0 saturated carbocycles. The number of imidazole rings is 1. The molecule has 3 heteroatoms. The molecule has 22 heavy (non-hydrogen) atoms. The third-order valence-corrected chi connectivity index (χ3v) is 3.89. The Hall–Kier alpha value is -2.39. The van der Waals surface area contributed by atoms with Gasteiger partial charge in [-0.05, 0) is 23.1 Å². The molecule has 3 aromatic rings. The number of aliphatic hydroxyl groups excluding tert-OH is 1. The summed E-state index contributed by atoms with van der Waals surface area (Å²) in [6, 6.07) is 18.3. The first-order valence-electron chi connectivity index (χ1n) is 7.59. The van der Waals surface area contributed by atoms with E-state index in [9.17, 15) is 5.11 Å². The van der Waals surface area contributed by atoms with Gasteiger partial charge in [0.05, 0.1) is 0 Å². The van der Waals surface area contributed by atoms with E-state index in [0.29, 0.717) is 12.4 Å². The molecule has 0 amide bonds. The Labute approximate surface area is 130 Å². The van der Waals surface area contributed by atoms with Gasteiger partial charge in [0.15, 0.2) is 0 Å². The van der Waals surface area contributed by atoms with Gasteiger partial charge in [0.2, 0.25) is 0 Å². The second kappa shape index (κ2) is 6.58. The summed E-state index contributed by atoms with van der Waals surface area (Å²) < 4.78 is 1.99. The van der Waals surface area contributed by atoms with Crippen LogP contribution in [0.15, 0.2) is 67.0 Å². The molecule has 0 unspecified atom stereocenters. The normalized spacial score (nSPS) is 12.3. The van der Waals surface area contributed by atoms with Crippen molar-refractivity contribution in [1.82, 2.24) is 9.55 Å². The highest BCUT2D eigenvalue weighted by molar-refractivity contribution is 5.28. The average Bonchev–Trinajstić information content (AvgIpc) is 3.03. The van der Waals surface area contributed by atoms with Gasteiger partial charge in [-0.3, -0.25) is 0 Å². The highest BCUT2D eigenvalue weighted by Gasteiger charge is 2.16. The lowest BCUT2D eigenvalue weighted by atomic mass is 10.1. The molecule has 0 aliphatic carbocycles. The molecule has 1 atom stereocenters. The number of nitrogens with zero attached hydrogens (tertiary/aromatic N) is 2. The first kappa shape index (κ1) is 14.5. The smallest absolute Gasteiger partial charge is 0.142 e. The van der Waals surface area contributed by atoms with E-state index >= 15 is 0 Å². The standard InChI is InChI=1S/C19H20N2O/c1-2-15-8-10-17(11-9-15)18(22)19-20-12-13-21(19)14-16-6-4-3-5-7-16/h3-13,18,22H,2,14H2,1H3/t18-/m1/s1. The van der Waals surface area contributed by atoms with Crippen LogP contribution in [0.2, 0.25) is 0 Å². The van der Waals surface area contributed by atoms with Gasteiger partial charge in [-0.15, -0.1) is 0 Å². The molecule has 2 aromatic carbocycles. The van der Waals surface area contributed by atoms with Crippen LogP contribution in [-0.4, -0.2) is 14.7 Å². The van der Waals surface area contributed by atoms with E-state index in [-0.39, 0.29) is 0 Å². The van der Waals surface area contributed by atoms with E-state index in [0.717, 1.165) is 12.0 Å². The van der Waals surface area contributed by atoms with Crippen LogP contribution < -0.4 is 0 Å². The molecule has 0 aliphatic heterocycles. The molecule has 1 aromatic heterocycles. The molecule has 0 spiro atoms. The van der Waals surface area contributed by atoms with Gasteiger partial charge < -0.3 is 9.67 Å². The average molecular weight is 292 g/mol. The Morgan fingerprint density at radius 2 is 1.73 bits per heavy atom. The van der Waals surface area contributed by atoms with Crippen molar-refractivity contribution in [2.45, 2.75) is 26.0 Å². The van der Waals surface area contributed by atoms with Crippen LogP contribution in [0.5, 0.6) is 0 Å². The lowest BCUT2D eigenvalue weighted by molar-refractivity contribution is 0.205. The molecule has 3 rings (SSSR count). The third kappa shape index (κ3) is 3.10. The second-order valence-electron chi connectivity index (χ2n) is 5.40. The molecule has 0 fully saturated rings. The summed E-state index contributed by atoms with van der Waals surface area (Å²) >= 11 is 0. The van der Waals surface area contributed by atoms with Crippen molar-refractivity contribution >= 4 is 0 Å². The topological polar surface area (TPSA) is 38.1 Å². The summed E-state index contributed by atoms with van der Waals surface area (Å²) in [6.07, 6.45) is 3.94. The molecule has 0 saturated heterocycles. The molecule has 0 bridgehead atoms. The maximum atomic E-state index is 10.6. The Bertz CT molecular complexity index is 717. The zero-order valence-corrected chi connectivity index (χ0v) is 12.7. The van der Waals surface area contributed by atoms with Gasteiger partial charge in [-0.25, -0.2) is 4.98 Å². The lowest BCUT2D eigenvalue weighted by Crippen LogP contribution is -2.10. The summed E-state index contributed by atoms with van der Waals surface area (Å²) in [5, 5.41) is 10.6. The van der Waals surface area contributed by atoms with E-state index in [4.69, 9.17) is 0 Å². The fraction of sp³-hybridized carbons (Fsp3) is 0.211. The van der Waals surface area contributed by atoms with Crippen molar-refractivity contribution in [3.8, 4) is 0 Å². The summed E-state index contributed by atoms with van der Waals surface area (Å²) in [6.45, 7) is 2.83. The zero-order chi connectivity index (χ0) is 15.4. The first-order chi connectivity index (χ1) is 10.8.